The van der Waals surface area contributed by atoms with E-state index < -0.39 is 47.8 Å². The lowest BCUT2D eigenvalue weighted by Gasteiger charge is -2.19. The van der Waals surface area contributed by atoms with Crippen molar-refractivity contribution in [1.82, 2.24) is 0 Å². The highest BCUT2D eigenvalue weighted by molar-refractivity contribution is 6.31. The molecule has 43 heavy (non-hydrogen) atoms. The molecule has 0 fully saturated rings. The minimum absolute atomic E-state index is 0.0832. The van der Waals surface area contributed by atoms with Crippen molar-refractivity contribution in [2.75, 3.05) is 26.6 Å². The smallest absolute Gasteiger partial charge is 0.319 e. The van der Waals surface area contributed by atoms with Crippen molar-refractivity contribution in [1.29, 1.82) is 0 Å². The van der Waals surface area contributed by atoms with Gasteiger partial charge < -0.3 is 14.2 Å². The van der Waals surface area contributed by atoms with Crippen molar-refractivity contribution >= 4 is 34.6 Å². The summed E-state index contributed by atoms with van der Waals surface area (Å²) in [7, 11) is 0. The molecular formula is C30H24Cl2F2N2O7. The van der Waals surface area contributed by atoms with Gasteiger partial charge in [-0.25, -0.2) is 8.78 Å². The van der Waals surface area contributed by atoms with Crippen molar-refractivity contribution in [3.05, 3.63) is 102 Å². The van der Waals surface area contributed by atoms with E-state index in [1.54, 1.807) is 48.5 Å². The zero-order valence-corrected chi connectivity index (χ0v) is 24.4. The largest absolute Gasteiger partial charge is 0.484 e. The standard InChI is InChI=1S/C30H24Cl2F2N2O7/c1-17-25(15-23(19-3-7-21(31)8-4-19)27(35(37)38)29(17)41-13-11-33)43-26-16-24(20-5-9-22(32)10-6-20)28(36(39)40)30(18(26)2)42-14-12-34/h3-10,15-16H,11-14H2,1-2H3. The third-order valence-corrected chi connectivity index (χ3v) is 6.96. The fourth-order valence-corrected chi connectivity index (χ4v) is 4.72. The highest BCUT2D eigenvalue weighted by Gasteiger charge is 2.31. The Bertz CT molecular complexity index is 1540. The molecule has 0 aromatic heterocycles. The molecule has 0 bridgehead atoms. The van der Waals surface area contributed by atoms with Gasteiger partial charge in [-0.15, -0.1) is 0 Å². The van der Waals surface area contributed by atoms with Gasteiger partial charge in [-0.05, 0) is 61.4 Å². The predicted molar refractivity (Wildman–Crippen MR) is 160 cm³/mol. The highest BCUT2D eigenvalue weighted by atomic mass is 35.5. The molecule has 0 saturated carbocycles. The molecule has 0 saturated heterocycles. The van der Waals surface area contributed by atoms with Crippen LogP contribution in [0.25, 0.3) is 22.3 Å². The van der Waals surface area contributed by atoms with Crippen molar-refractivity contribution in [2.45, 2.75) is 13.8 Å². The van der Waals surface area contributed by atoms with Crippen molar-refractivity contribution in [2.24, 2.45) is 0 Å². The maximum atomic E-state index is 13.1. The second kappa shape index (κ2) is 13.7. The van der Waals surface area contributed by atoms with Crippen LogP contribution in [-0.2, 0) is 0 Å². The summed E-state index contributed by atoms with van der Waals surface area (Å²) in [6.45, 7) is 0.289. The first kappa shape index (κ1) is 31.5. The Kier molecular flexibility index (Phi) is 9.99. The molecule has 0 radical (unpaired) electrons. The number of nitro groups is 2. The number of halogens is 4. The Labute approximate surface area is 254 Å². The van der Waals surface area contributed by atoms with Crippen LogP contribution in [0.5, 0.6) is 23.0 Å². The SMILES string of the molecule is Cc1c(Oc2cc(-c3ccc(Cl)cc3)c([N+](=O)[O-])c(OCCF)c2C)cc(-c2ccc(Cl)cc2)c([N+](=O)[O-])c1OCCF. The van der Waals surface area contributed by atoms with E-state index in [-0.39, 0.29) is 45.3 Å². The molecule has 13 heteroatoms. The molecule has 0 aliphatic rings. The maximum Gasteiger partial charge on any atom is 0.319 e. The number of rotatable bonds is 12. The van der Waals surface area contributed by atoms with E-state index in [2.05, 4.69) is 0 Å². The molecule has 4 aromatic carbocycles. The van der Waals surface area contributed by atoms with Crippen LogP contribution < -0.4 is 14.2 Å². The van der Waals surface area contributed by atoms with E-state index >= 15 is 0 Å². The molecule has 0 heterocycles. The van der Waals surface area contributed by atoms with E-state index in [9.17, 15) is 29.0 Å². The first-order valence-corrected chi connectivity index (χ1v) is 13.5. The van der Waals surface area contributed by atoms with Gasteiger partial charge in [0.15, 0.2) is 0 Å². The van der Waals surface area contributed by atoms with Gasteiger partial charge in [0.2, 0.25) is 11.5 Å². The number of nitrogens with zero attached hydrogens (tertiary/aromatic N) is 2. The number of hydrogen-bond acceptors (Lipinski definition) is 7. The van der Waals surface area contributed by atoms with Crippen LogP contribution in [0.1, 0.15) is 11.1 Å². The summed E-state index contributed by atoms with van der Waals surface area (Å²) in [6.07, 6.45) is 0. The fourth-order valence-electron chi connectivity index (χ4n) is 4.47. The second-order valence-corrected chi connectivity index (χ2v) is 10.0. The van der Waals surface area contributed by atoms with Crippen molar-refractivity contribution in [3.63, 3.8) is 0 Å². The summed E-state index contributed by atoms with van der Waals surface area (Å²) in [4.78, 5) is 23.2. The Morgan fingerprint density at radius 2 is 1.02 bits per heavy atom. The molecule has 0 atom stereocenters. The van der Waals surface area contributed by atoms with E-state index in [0.717, 1.165) is 0 Å². The van der Waals surface area contributed by atoms with Crippen LogP contribution in [0.4, 0.5) is 20.2 Å². The van der Waals surface area contributed by atoms with Crippen LogP contribution in [0.2, 0.25) is 10.0 Å². The van der Waals surface area contributed by atoms with Crippen LogP contribution in [-0.4, -0.2) is 36.4 Å². The summed E-state index contributed by atoms with van der Waals surface area (Å²) in [6, 6.07) is 15.3. The van der Waals surface area contributed by atoms with Crippen molar-refractivity contribution < 1.29 is 32.8 Å². The molecule has 9 nitrogen and oxygen atoms in total. The summed E-state index contributed by atoms with van der Waals surface area (Å²) >= 11 is 12.1. The van der Waals surface area contributed by atoms with Gasteiger partial charge in [0.1, 0.15) is 38.1 Å². The molecule has 0 unspecified atom stereocenters. The molecule has 0 spiro atoms. The Morgan fingerprint density at radius 1 is 0.674 bits per heavy atom. The van der Waals surface area contributed by atoms with Gasteiger partial charge in [0.25, 0.3) is 0 Å². The first-order valence-electron chi connectivity index (χ1n) is 12.8. The van der Waals surface area contributed by atoms with Gasteiger partial charge in [-0.1, -0.05) is 47.5 Å². The summed E-state index contributed by atoms with van der Waals surface area (Å²) in [5, 5.41) is 25.3. The van der Waals surface area contributed by atoms with E-state index in [1.807, 2.05) is 0 Å². The van der Waals surface area contributed by atoms with Gasteiger partial charge in [0.05, 0.1) is 21.0 Å². The molecular weight excluding hydrogens is 609 g/mol. The second-order valence-electron chi connectivity index (χ2n) is 9.15. The normalized spacial score (nSPS) is 10.8. The average Bonchev–Trinajstić information content (AvgIpc) is 2.97. The topological polar surface area (TPSA) is 114 Å². The minimum atomic E-state index is -0.904. The van der Waals surface area contributed by atoms with E-state index in [0.29, 0.717) is 21.2 Å². The quantitative estimate of drug-likeness (QED) is 0.113. The van der Waals surface area contributed by atoms with Crippen LogP contribution in [0.3, 0.4) is 0 Å². The third-order valence-electron chi connectivity index (χ3n) is 6.45. The molecule has 224 valence electrons. The molecule has 0 amide bonds. The Hall–Kier alpha value is -4.48. The van der Waals surface area contributed by atoms with Gasteiger partial charge in [-0.2, -0.15) is 0 Å². The zero-order chi connectivity index (χ0) is 31.3. The third kappa shape index (κ3) is 6.79. The minimum Gasteiger partial charge on any atom is -0.484 e. The summed E-state index contributed by atoms with van der Waals surface area (Å²) in [5.41, 5.74) is 0.542. The van der Waals surface area contributed by atoms with E-state index in [1.165, 1.54) is 26.0 Å². The molecule has 0 aliphatic heterocycles. The van der Waals surface area contributed by atoms with Crippen LogP contribution >= 0.6 is 23.2 Å². The number of hydrogen-bond donors (Lipinski definition) is 0. The number of nitro benzene ring substituents is 2. The highest BCUT2D eigenvalue weighted by Crippen LogP contribution is 2.49. The summed E-state index contributed by atoms with van der Waals surface area (Å²) < 4.78 is 43.6. The van der Waals surface area contributed by atoms with Gasteiger partial charge in [-0.3, -0.25) is 20.2 Å². The molecule has 0 N–H and O–H groups in total. The lowest BCUT2D eigenvalue weighted by Crippen LogP contribution is -2.07. The Balaban J connectivity index is 1.99. The summed E-state index contributed by atoms with van der Waals surface area (Å²) in [5.74, 6) is -0.257. The molecule has 4 aromatic rings. The van der Waals surface area contributed by atoms with Gasteiger partial charge >= 0.3 is 11.4 Å². The number of alkyl halides is 2. The Morgan fingerprint density at radius 3 is 1.33 bits per heavy atom. The van der Waals surface area contributed by atoms with Crippen molar-refractivity contribution in [3.8, 4) is 45.3 Å². The predicted octanol–water partition coefficient (Wildman–Crippen LogP) is 9.25. The van der Waals surface area contributed by atoms with Crippen LogP contribution in [0.15, 0.2) is 60.7 Å². The number of benzene rings is 4. The lowest BCUT2D eigenvalue weighted by atomic mass is 9.98. The molecule has 4 rings (SSSR count). The fraction of sp³-hybridized carbons (Fsp3) is 0.200. The van der Waals surface area contributed by atoms with E-state index in [4.69, 9.17) is 37.4 Å². The monoisotopic (exact) mass is 632 g/mol. The zero-order valence-electron chi connectivity index (χ0n) is 22.9. The van der Waals surface area contributed by atoms with Crippen LogP contribution in [0, 0.1) is 34.1 Å². The lowest BCUT2D eigenvalue weighted by molar-refractivity contribution is -0.385. The maximum absolute atomic E-state index is 13.1. The average molecular weight is 633 g/mol. The molecule has 0 aliphatic carbocycles. The number of ether oxygens (including phenoxy) is 3. The first-order chi connectivity index (χ1) is 20.6. The van der Waals surface area contributed by atoms with Gasteiger partial charge in [0, 0.05) is 21.2 Å².